The van der Waals surface area contributed by atoms with Gasteiger partial charge in [-0.3, -0.25) is 0 Å². The van der Waals surface area contributed by atoms with E-state index in [4.69, 9.17) is 0 Å². The zero-order valence-corrected chi connectivity index (χ0v) is 25.3. The second-order valence-electron chi connectivity index (χ2n) is 11.4. The fourth-order valence-corrected chi connectivity index (χ4v) is 14.5. The lowest BCUT2D eigenvalue weighted by molar-refractivity contribution is 0.571. The van der Waals surface area contributed by atoms with Gasteiger partial charge in [0, 0.05) is 39.0 Å². The van der Waals surface area contributed by atoms with Gasteiger partial charge in [-0.25, -0.2) is 0 Å². The monoisotopic (exact) mass is 582 g/mol. The Bertz CT molecular complexity index is 1870. The molecule has 2 bridgehead atoms. The Morgan fingerprint density at radius 1 is 0.571 bits per heavy atom. The number of fused-ring (bicyclic) bond motifs is 2. The summed E-state index contributed by atoms with van der Waals surface area (Å²) in [6, 6.07) is 50.5. The van der Waals surface area contributed by atoms with E-state index in [2.05, 4.69) is 55.5 Å². The van der Waals surface area contributed by atoms with Gasteiger partial charge in [-0.2, -0.15) is 0 Å². The van der Waals surface area contributed by atoms with Gasteiger partial charge in [0.1, 0.15) is 14.3 Å². The van der Waals surface area contributed by atoms with Crippen LogP contribution < -0.4 is 10.6 Å². The smallest absolute Gasteiger partial charge is 0.147 e. The molecule has 2 nitrogen and oxygen atoms in total. The zero-order valence-electron chi connectivity index (χ0n) is 23.6. The molecule has 0 N–H and O–H groups in total. The molecule has 0 aliphatic carbocycles. The molecule has 2 aliphatic heterocycles. The number of rotatable bonds is 7. The molecule has 206 valence electrons. The average Bonchev–Trinajstić information content (AvgIpc) is 3.43. The molecule has 4 heteroatoms. The van der Waals surface area contributed by atoms with Crippen LogP contribution in [0.3, 0.4) is 0 Å². The summed E-state index contributed by atoms with van der Waals surface area (Å²) in [5.74, 6) is 0. The first kappa shape index (κ1) is 26.9. The standard InChI is InChI=1S/C38H32O2P2/c1-38-28-42(40,37(31-21-11-4-12-22-31)35(38)29-17-7-2-8-18-29)36(30-19-9-3-10-20-30)34(38)27-41(39,32-23-13-5-14-24-32)33-25-15-6-16-26-33/h2-26H,27-28H2,1H3. The van der Waals surface area contributed by atoms with Gasteiger partial charge >= 0.3 is 0 Å². The van der Waals surface area contributed by atoms with E-state index in [0.29, 0.717) is 12.3 Å². The first-order valence-corrected chi connectivity index (χ1v) is 18.2. The molecular weight excluding hydrogens is 550 g/mol. The maximum Gasteiger partial charge on any atom is 0.147 e. The van der Waals surface area contributed by atoms with Crippen molar-refractivity contribution in [2.45, 2.75) is 6.92 Å². The van der Waals surface area contributed by atoms with Gasteiger partial charge in [0.05, 0.1) is 0 Å². The van der Waals surface area contributed by atoms with Gasteiger partial charge in [0.15, 0.2) is 0 Å². The third-order valence-electron chi connectivity index (χ3n) is 8.89. The van der Waals surface area contributed by atoms with Crippen LogP contribution in [-0.4, -0.2) is 12.3 Å². The van der Waals surface area contributed by atoms with E-state index in [9.17, 15) is 0 Å². The van der Waals surface area contributed by atoms with Crippen LogP contribution in [0.15, 0.2) is 157 Å². The molecule has 2 aliphatic rings. The van der Waals surface area contributed by atoms with Gasteiger partial charge < -0.3 is 9.13 Å². The molecule has 2 unspecified atom stereocenters. The molecule has 0 saturated heterocycles. The minimum atomic E-state index is -3.14. The second-order valence-corrected chi connectivity index (χ2v) is 17.0. The highest BCUT2D eigenvalue weighted by atomic mass is 31.2. The van der Waals surface area contributed by atoms with Crippen LogP contribution in [0.25, 0.3) is 16.2 Å². The first-order valence-electron chi connectivity index (χ1n) is 14.4. The molecule has 2 heterocycles. The van der Waals surface area contributed by atoms with Crippen molar-refractivity contribution >= 4 is 41.1 Å². The Morgan fingerprint density at radius 2 is 0.952 bits per heavy atom. The minimum absolute atomic E-state index is 0.337. The summed E-state index contributed by atoms with van der Waals surface area (Å²) >= 11 is 0. The first-order chi connectivity index (χ1) is 20.5. The van der Waals surface area contributed by atoms with Gasteiger partial charge in [-0.15, -0.1) is 0 Å². The molecule has 0 spiro atoms. The van der Waals surface area contributed by atoms with Crippen molar-refractivity contribution in [3.8, 4) is 0 Å². The van der Waals surface area contributed by atoms with Crippen LogP contribution in [0.1, 0.15) is 23.6 Å². The van der Waals surface area contributed by atoms with E-state index in [0.717, 1.165) is 49.1 Å². The summed E-state index contributed by atoms with van der Waals surface area (Å²) < 4.78 is 31.4. The van der Waals surface area contributed by atoms with Gasteiger partial charge in [0.2, 0.25) is 0 Å². The lowest BCUT2D eigenvalue weighted by Crippen LogP contribution is -2.27. The van der Waals surface area contributed by atoms with Crippen LogP contribution in [-0.2, 0) is 9.13 Å². The van der Waals surface area contributed by atoms with Crippen molar-refractivity contribution in [3.63, 3.8) is 0 Å². The minimum Gasteiger partial charge on any atom is -0.314 e. The number of hydrogen-bond donors (Lipinski definition) is 0. The molecular formula is C38H32O2P2. The Kier molecular flexibility index (Phi) is 6.66. The number of allylic oxidation sites excluding steroid dienone is 2. The van der Waals surface area contributed by atoms with Crippen LogP contribution in [0.5, 0.6) is 0 Å². The van der Waals surface area contributed by atoms with Crippen LogP contribution in [0.2, 0.25) is 0 Å². The molecule has 2 atom stereocenters. The van der Waals surface area contributed by atoms with E-state index < -0.39 is 19.7 Å². The molecule has 0 amide bonds. The summed E-state index contributed by atoms with van der Waals surface area (Å²) in [5.41, 5.74) is 4.66. The van der Waals surface area contributed by atoms with Gasteiger partial charge in [-0.05, 0) is 27.8 Å². The quantitative estimate of drug-likeness (QED) is 0.179. The van der Waals surface area contributed by atoms with E-state index in [1.165, 1.54) is 0 Å². The van der Waals surface area contributed by atoms with E-state index in [-0.39, 0.29) is 0 Å². The summed E-state index contributed by atoms with van der Waals surface area (Å²) in [6.45, 7) is 2.24. The van der Waals surface area contributed by atoms with Gasteiger partial charge in [-0.1, -0.05) is 159 Å². The Balaban J connectivity index is 1.54. The zero-order chi connectivity index (χ0) is 28.8. The lowest BCUT2D eigenvalue weighted by atomic mass is 9.73. The van der Waals surface area contributed by atoms with Crippen molar-refractivity contribution < 1.29 is 9.13 Å². The molecule has 42 heavy (non-hydrogen) atoms. The van der Waals surface area contributed by atoms with Crippen LogP contribution in [0.4, 0.5) is 0 Å². The molecule has 7 rings (SSSR count). The predicted octanol–water partition coefficient (Wildman–Crippen LogP) is 9.38. The Morgan fingerprint density at radius 3 is 1.40 bits per heavy atom. The molecule has 0 saturated carbocycles. The highest BCUT2D eigenvalue weighted by Gasteiger charge is 2.61. The average molecular weight is 583 g/mol. The molecule has 0 aromatic heterocycles. The van der Waals surface area contributed by atoms with E-state index >= 15 is 9.13 Å². The lowest BCUT2D eigenvalue weighted by Gasteiger charge is -2.35. The van der Waals surface area contributed by atoms with Gasteiger partial charge in [0.25, 0.3) is 0 Å². The highest BCUT2D eigenvalue weighted by molar-refractivity contribution is 7.85. The second kappa shape index (κ2) is 10.4. The van der Waals surface area contributed by atoms with Crippen LogP contribution >= 0.6 is 14.3 Å². The fourth-order valence-electron chi connectivity index (χ4n) is 7.09. The van der Waals surface area contributed by atoms with Crippen molar-refractivity contribution in [2.24, 2.45) is 5.41 Å². The van der Waals surface area contributed by atoms with Crippen molar-refractivity contribution in [3.05, 3.63) is 174 Å². The van der Waals surface area contributed by atoms with E-state index in [1.54, 1.807) is 0 Å². The molecule has 5 aromatic carbocycles. The summed E-state index contributed by atoms with van der Waals surface area (Å²) in [6.07, 6.45) is 0.849. The van der Waals surface area contributed by atoms with E-state index in [1.807, 2.05) is 103 Å². The SMILES string of the molecule is CC12CP(=O)(C(c3ccccc3)=C1CP(=O)(c1ccccc1)c1ccccc1)C(c1ccccc1)=C2c1ccccc1. The fraction of sp³-hybridized carbons (Fsp3) is 0.105. The third-order valence-corrected chi connectivity index (χ3v) is 15.4. The summed E-state index contributed by atoms with van der Waals surface area (Å²) in [4.78, 5) is 0. The maximum absolute atomic E-state index is 15.8. The largest absolute Gasteiger partial charge is 0.314 e. The Hall–Kier alpha value is -3.96. The summed E-state index contributed by atoms with van der Waals surface area (Å²) in [7, 11) is -6.26. The predicted molar refractivity (Wildman–Crippen MR) is 178 cm³/mol. The normalized spacial score (nSPS) is 21.6. The van der Waals surface area contributed by atoms with Crippen molar-refractivity contribution in [1.29, 1.82) is 0 Å². The van der Waals surface area contributed by atoms with Crippen molar-refractivity contribution in [1.82, 2.24) is 0 Å². The number of hydrogen-bond acceptors (Lipinski definition) is 2. The Labute approximate surface area is 248 Å². The van der Waals surface area contributed by atoms with Crippen molar-refractivity contribution in [2.75, 3.05) is 12.3 Å². The maximum atomic E-state index is 15.8. The summed E-state index contributed by atoms with van der Waals surface area (Å²) in [5, 5.41) is 3.51. The van der Waals surface area contributed by atoms with Crippen LogP contribution in [0, 0.1) is 5.41 Å². The molecule has 5 aromatic rings. The molecule has 0 radical (unpaired) electrons. The topological polar surface area (TPSA) is 34.1 Å². The molecule has 0 fully saturated rings. The number of benzene rings is 5. The highest BCUT2D eigenvalue weighted by Crippen LogP contribution is 2.85. The third kappa shape index (κ3) is 4.17.